The number of hydrogen-bond donors (Lipinski definition) is 1. The van der Waals surface area contributed by atoms with Crippen molar-refractivity contribution in [3.8, 4) is 0 Å². The highest BCUT2D eigenvalue weighted by atomic mass is 14.9. The molecule has 0 bridgehead atoms. The van der Waals surface area contributed by atoms with Crippen molar-refractivity contribution in [1.29, 1.82) is 0 Å². The minimum absolute atomic E-state index is 1.04. The molecule has 1 heterocycles. The van der Waals surface area contributed by atoms with Crippen LogP contribution in [0.5, 0.6) is 0 Å². The summed E-state index contributed by atoms with van der Waals surface area (Å²) in [7, 11) is 0. The Morgan fingerprint density at radius 1 is 1.44 bits per heavy atom. The molecule has 9 heavy (non-hydrogen) atoms. The molecule has 2 fully saturated rings. The fourth-order valence-corrected chi connectivity index (χ4v) is 2.05. The molecule has 2 aliphatic rings. The van der Waals surface area contributed by atoms with Gasteiger partial charge >= 0.3 is 0 Å². The Morgan fingerprint density at radius 2 is 2.22 bits per heavy atom. The SMILES string of the molecule is CC1CC1C1CCNC1. The molecule has 2 rings (SSSR count). The van der Waals surface area contributed by atoms with Crippen LogP contribution in [0.2, 0.25) is 0 Å². The number of rotatable bonds is 1. The largest absolute Gasteiger partial charge is 0.316 e. The average Bonchev–Trinajstić information content (AvgIpc) is 2.44. The van der Waals surface area contributed by atoms with Crippen molar-refractivity contribution in [3.63, 3.8) is 0 Å². The second kappa shape index (κ2) is 1.98. The summed E-state index contributed by atoms with van der Waals surface area (Å²) in [5, 5.41) is 3.41. The summed E-state index contributed by atoms with van der Waals surface area (Å²) in [6.45, 7) is 4.95. The van der Waals surface area contributed by atoms with Crippen molar-refractivity contribution < 1.29 is 0 Å². The van der Waals surface area contributed by atoms with Crippen LogP contribution < -0.4 is 5.32 Å². The van der Waals surface area contributed by atoms with Crippen molar-refractivity contribution in [2.45, 2.75) is 19.8 Å². The van der Waals surface area contributed by atoms with Gasteiger partial charge in [0, 0.05) is 0 Å². The van der Waals surface area contributed by atoms with Gasteiger partial charge in [-0.15, -0.1) is 0 Å². The molecule has 0 aromatic carbocycles. The van der Waals surface area contributed by atoms with E-state index in [4.69, 9.17) is 0 Å². The summed E-state index contributed by atoms with van der Waals surface area (Å²) >= 11 is 0. The third-order valence-electron chi connectivity index (χ3n) is 2.88. The predicted molar refractivity (Wildman–Crippen MR) is 38.2 cm³/mol. The first-order chi connectivity index (χ1) is 4.38. The van der Waals surface area contributed by atoms with E-state index in [9.17, 15) is 0 Å². The first-order valence-electron chi connectivity index (χ1n) is 4.08. The molecule has 1 N–H and O–H groups in total. The maximum absolute atomic E-state index is 3.41. The lowest BCUT2D eigenvalue weighted by atomic mass is 10.0. The zero-order valence-corrected chi connectivity index (χ0v) is 6.06. The van der Waals surface area contributed by atoms with Crippen LogP contribution in [0, 0.1) is 17.8 Å². The molecule has 52 valence electrons. The Labute approximate surface area is 56.8 Å². The van der Waals surface area contributed by atoms with Gasteiger partial charge < -0.3 is 5.32 Å². The van der Waals surface area contributed by atoms with Gasteiger partial charge in [0.05, 0.1) is 0 Å². The number of hydrogen-bond acceptors (Lipinski definition) is 1. The summed E-state index contributed by atoms with van der Waals surface area (Å²) in [6.07, 6.45) is 2.95. The monoisotopic (exact) mass is 125 g/mol. The smallest absolute Gasteiger partial charge is 0.00173 e. The molecule has 3 unspecified atom stereocenters. The quantitative estimate of drug-likeness (QED) is 0.556. The Morgan fingerprint density at radius 3 is 2.67 bits per heavy atom. The van der Waals surface area contributed by atoms with E-state index in [1.807, 2.05) is 0 Å². The summed E-state index contributed by atoms with van der Waals surface area (Å²) in [5.74, 6) is 3.19. The highest BCUT2D eigenvalue weighted by Gasteiger charge is 2.39. The van der Waals surface area contributed by atoms with Crippen LogP contribution in [0.4, 0.5) is 0 Å². The molecular weight excluding hydrogens is 110 g/mol. The Hall–Kier alpha value is -0.0400. The van der Waals surface area contributed by atoms with Crippen LogP contribution >= 0.6 is 0 Å². The van der Waals surface area contributed by atoms with E-state index in [1.165, 1.54) is 25.9 Å². The van der Waals surface area contributed by atoms with Crippen LogP contribution in [0.15, 0.2) is 0 Å². The summed E-state index contributed by atoms with van der Waals surface area (Å²) in [5.41, 5.74) is 0. The molecule has 1 saturated carbocycles. The predicted octanol–water partition coefficient (Wildman–Crippen LogP) is 1.25. The highest BCUT2D eigenvalue weighted by molar-refractivity contribution is 4.91. The molecule has 3 atom stereocenters. The molecule has 1 nitrogen and oxygen atoms in total. The third kappa shape index (κ3) is 0.983. The molecule has 0 aromatic rings. The zero-order valence-electron chi connectivity index (χ0n) is 6.06. The van der Waals surface area contributed by atoms with E-state index in [1.54, 1.807) is 0 Å². The summed E-state index contributed by atoms with van der Waals surface area (Å²) in [6, 6.07) is 0. The second-order valence-corrected chi connectivity index (χ2v) is 3.63. The highest BCUT2D eigenvalue weighted by Crippen LogP contribution is 2.45. The average molecular weight is 125 g/mol. The van der Waals surface area contributed by atoms with E-state index in [2.05, 4.69) is 12.2 Å². The minimum atomic E-state index is 1.04. The maximum atomic E-state index is 3.41. The minimum Gasteiger partial charge on any atom is -0.316 e. The van der Waals surface area contributed by atoms with Gasteiger partial charge in [-0.1, -0.05) is 6.92 Å². The van der Waals surface area contributed by atoms with Crippen LogP contribution in [-0.4, -0.2) is 13.1 Å². The molecule has 1 saturated heterocycles. The van der Waals surface area contributed by atoms with Gasteiger partial charge in [0.2, 0.25) is 0 Å². The molecule has 1 aliphatic carbocycles. The first kappa shape index (κ1) is 5.72. The standard InChI is InChI=1S/C8H15N/c1-6-4-8(6)7-2-3-9-5-7/h6-9H,2-5H2,1H3. The van der Waals surface area contributed by atoms with Crippen molar-refractivity contribution in [1.82, 2.24) is 5.32 Å². The molecule has 0 amide bonds. The van der Waals surface area contributed by atoms with E-state index in [-0.39, 0.29) is 0 Å². The second-order valence-electron chi connectivity index (χ2n) is 3.63. The maximum Gasteiger partial charge on any atom is -0.00173 e. The van der Waals surface area contributed by atoms with Gasteiger partial charge in [0.1, 0.15) is 0 Å². The summed E-state index contributed by atoms with van der Waals surface area (Å²) in [4.78, 5) is 0. The Bertz CT molecular complexity index is 105. The van der Waals surface area contributed by atoms with Gasteiger partial charge in [-0.2, -0.15) is 0 Å². The third-order valence-corrected chi connectivity index (χ3v) is 2.88. The van der Waals surface area contributed by atoms with E-state index in [0.29, 0.717) is 0 Å². The van der Waals surface area contributed by atoms with Crippen molar-refractivity contribution in [2.24, 2.45) is 17.8 Å². The fourth-order valence-electron chi connectivity index (χ4n) is 2.05. The Kier molecular flexibility index (Phi) is 1.26. The molecule has 0 radical (unpaired) electrons. The van der Waals surface area contributed by atoms with E-state index < -0.39 is 0 Å². The van der Waals surface area contributed by atoms with Crippen molar-refractivity contribution in [2.75, 3.05) is 13.1 Å². The van der Waals surface area contributed by atoms with Gasteiger partial charge in [-0.05, 0) is 43.7 Å². The van der Waals surface area contributed by atoms with Crippen molar-refractivity contribution >= 4 is 0 Å². The van der Waals surface area contributed by atoms with Gasteiger partial charge in [-0.3, -0.25) is 0 Å². The lowest BCUT2D eigenvalue weighted by Crippen LogP contribution is -2.10. The van der Waals surface area contributed by atoms with Crippen LogP contribution in [0.1, 0.15) is 19.8 Å². The zero-order chi connectivity index (χ0) is 6.27. The molecule has 0 aromatic heterocycles. The van der Waals surface area contributed by atoms with Crippen LogP contribution in [-0.2, 0) is 0 Å². The van der Waals surface area contributed by atoms with E-state index in [0.717, 1.165) is 17.8 Å². The van der Waals surface area contributed by atoms with Gasteiger partial charge in [0.15, 0.2) is 0 Å². The number of nitrogens with one attached hydrogen (secondary N) is 1. The van der Waals surface area contributed by atoms with Gasteiger partial charge in [0.25, 0.3) is 0 Å². The lowest BCUT2D eigenvalue weighted by molar-refractivity contribution is 0.483. The topological polar surface area (TPSA) is 12.0 Å². The molecule has 0 spiro atoms. The van der Waals surface area contributed by atoms with Gasteiger partial charge in [-0.25, -0.2) is 0 Å². The normalized spacial score (nSPS) is 49.7. The molecule has 1 heteroatoms. The van der Waals surface area contributed by atoms with Crippen LogP contribution in [0.3, 0.4) is 0 Å². The Balaban J connectivity index is 1.85. The van der Waals surface area contributed by atoms with E-state index >= 15 is 0 Å². The van der Waals surface area contributed by atoms with Crippen LogP contribution in [0.25, 0.3) is 0 Å². The first-order valence-corrected chi connectivity index (χ1v) is 4.08. The lowest BCUT2D eigenvalue weighted by Gasteiger charge is -2.03. The fraction of sp³-hybridized carbons (Fsp3) is 1.00. The molecular formula is C8H15N. The molecule has 1 aliphatic heterocycles. The summed E-state index contributed by atoms with van der Waals surface area (Å²) < 4.78 is 0. The van der Waals surface area contributed by atoms with Crippen molar-refractivity contribution in [3.05, 3.63) is 0 Å².